The van der Waals surface area contributed by atoms with E-state index in [2.05, 4.69) is 0 Å². The molecule has 0 aliphatic carbocycles. The Morgan fingerprint density at radius 2 is 1.05 bits per heavy atom. The zero-order valence-corrected chi connectivity index (χ0v) is 9.25. The fourth-order valence-electron chi connectivity index (χ4n) is 4.44. The first-order valence-corrected chi connectivity index (χ1v) is 6.32. The maximum atomic E-state index is 5.69. The molecule has 9 heteroatoms. The first-order chi connectivity index (χ1) is 9.03. The van der Waals surface area contributed by atoms with Crippen molar-refractivity contribution in [3.8, 4) is 0 Å². The Kier molecular flexibility index (Phi) is 0.591. The van der Waals surface area contributed by atoms with Crippen molar-refractivity contribution in [2.24, 2.45) is 0 Å². The molecule has 9 aliphatic heterocycles. The Bertz CT molecular complexity index is 718. The maximum Gasteiger partial charge on any atom is 0.355 e. The van der Waals surface area contributed by atoms with Gasteiger partial charge in [-0.15, -0.1) is 0 Å². The van der Waals surface area contributed by atoms with E-state index in [-0.39, 0.29) is 6.10 Å². The van der Waals surface area contributed by atoms with Crippen molar-refractivity contribution >= 4 is 0 Å². The minimum Gasteiger partial charge on any atom is -0.334 e. The van der Waals surface area contributed by atoms with Gasteiger partial charge in [0.25, 0.3) is 28.9 Å². The summed E-state index contributed by atoms with van der Waals surface area (Å²) in [6.45, 7) is 1.93. The summed E-state index contributed by atoms with van der Waals surface area (Å²) >= 11 is 0. The summed E-state index contributed by atoms with van der Waals surface area (Å²) in [4.78, 5) is 0. The van der Waals surface area contributed by atoms with Gasteiger partial charge in [-0.2, -0.15) is 0 Å². The van der Waals surface area contributed by atoms with Crippen LogP contribution >= 0.6 is 0 Å². The van der Waals surface area contributed by atoms with E-state index >= 15 is 0 Å². The predicted molar refractivity (Wildman–Crippen MR) is 41.1 cm³/mol. The van der Waals surface area contributed by atoms with E-state index < -0.39 is 46.5 Å². The number of ether oxygens (including phenoxy) is 9. The van der Waals surface area contributed by atoms with Crippen molar-refractivity contribution in [2.45, 2.75) is 59.5 Å². The molecule has 0 amide bonds. The minimum atomic E-state index is -0.977. The van der Waals surface area contributed by atoms with E-state index in [9.17, 15) is 0 Å². The zero-order chi connectivity index (χ0) is 11.9. The Morgan fingerprint density at radius 3 is 1.47 bits per heavy atom. The van der Waals surface area contributed by atoms with E-state index in [4.69, 9.17) is 42.6 Å². The summed E-state index contributed by atoms with van der Waals surface area (Å²) in [5.41, 5.74) is 0. The molecule has 0 bridgehead atoms. The number of hydrogen-bond acceptors (Lipinski definition) is 9. The zero-order valence-electron chi connectivity index (χ0n) is 9.25. The van der Waals surface area contributed by atoms with Crippen LogP contribution in [0.3, 0.4) is 0 Å². The van der Waals surface area contributed by atoms with Crippen molar-refractivity contribution in [1.82, 2.24) is 0 Å². The van der Waals surface area contributed by atoms with E-state index in [0.29, 0.717) is 0 Å². The lowest BCUT2D eigenvalue weighted by molar-refractivity contribution is -0.166. The minimum absolute atomic E-state index is 0.0154. The van der Waals surface area contributed by atoms with Crippen molar-refractivity contribution < 1.29 is 42.6 Å². The van der Waals surface area contributed by atoms with E-state index in [1.165, 1.54) is 0 Å². The average molecular weight is 268 g/mol. The summed E-state index contributed by atoms with van der Waals surface area (Å²) < 4.78 is 49.8. The van der Waals surface area contributed by atoms with Crippen LogP contribution in [-0.2, 0) is 42.6 Å². The number of fused-ring (bicyclic) bond motifs is 5. The van der Waals surface area contributed by atoms with Gasteiger partial charge in [0.1, 0.15) is 6.10 Å². The van der Waals surface area contributed by atoms with Gasteiger partial charge in [-0.05, 0) is 6.92 Å². The molecular weight excluding hydrogens is 264 g/mol. The third kappa shape index (κ3) is 0.387. The van der Waals surface area contributed by atoms with Gasteiger partial charge in [-0.1, -0.05) is 0 Å². The lowest BCUT2D eigenvalue weighted by Gasteiger charge is -2.07. The third-order valence-electron chi connectivity index (χ3n) is 5.85. The molecule has 98 valence electrons. The fraction of sp³-hybridized carbons (Fsp3) is 1.00. The second kappa shape index (κ2) is 1.37. The van der Waals surface area contributed by atoms with E-state index in [1.807, 2.05) is 6.92 Å². The van der Waals surface area contributed by atoms with Crippen LogP contribution in [0.5, 0.6) is 0 Å². The molecule has 7 unspecified atom stereocenters. The molecule has 0 N–H and O–H groups in total. The second-order valence-corrected chi connectivity index (χ2v) is 6.50. The second-order valence-electron chi connectivity index (χ2n) is 6.50. The highest BCUT2D eigenvalue weighted by atomic mass is 17.3. The number of rotatable bonds is 0. The summed E-state index contributed by atoms with van der Waals surface area (Å²) in [6.07, 6.45) is 0.0154. The summed E-state index contributed by atoms with van der Waals surface area (Å²) in [6, 6.07) is 0. The summed E-state index contributed by atoms with van der Waals surface area (Å²) in [7, 11) is 0. The van der Waals surface area contributed by atoms with Gasteiger partial charge in [-0.3, -0.25) is 37.9 Å². The summed E-state index contributed by atoms with van der Waals surface area (Å²) in [5, 5.41) is 0. The van der Waals surface area contributed by atoms with Crippen molar-refractivity contribution in [3.05, 3.63) is 0 Å². The monoisotopic (exact) mass is 268 g/mol. The summed E-state index contributed by atoms with van der Waals surface area (Å²) in [5.74, 6) is -6.86. The fourth-order valence-corrected chi connectivity index (χ4v) is 4.44. The van der Waals surface area contributed by atoms with Gasteiger partial charge in [0, 0.05) is 0 Å². The molecule has 9 heterocycles. The third-order valence-corrected chi connectivity index (χ3v) is 5.85. The lowest BCUT2D eigenvalue weighted by Crippen LogP contribution is -2.42. The van der Waals surface area contributed by atoms with Crippen molar-refractivity contribution in [3.63, 3.8) is 0 Å². The maximum absolute atomic E-state index is 5.69. The Labute approximate surface area is 103 Å². The SMILES string of the molecule is CC1OC12OC21OC12OC21OC12OC21OC23OC21O3. The van der Waals surface area contributed by atoms with Crippen LogP contribution in [0.25, 0.3) is 0 Å². The molecule has 0 aromatic heterocycles. The Balaban J connectivity index is 1.15. The number of epoxide rings is 8. The van der Waals surface area contributed by atoms with Gasteiger partial charge >= 0.3 is 17.5 Å². The number of hydrogen-bond donors (Lipinski definition) is 0. The molecule has 9 aliphatic rings. The average Bonchev–Trinajstić information content (AvgIpc) is 3.11. The molecule has 6 spiro atoms. The quantitative estimate of drug-likeness (QED) is 0.468. The van der Waals surface area contributed by atoms with Crippen LogP contribution in [0.15, 0.2) is 0 Å². The van der Waals surface area contributed by atoms with Crippen LogP contribution in [0.4, 0.5) is 0 Å². The van der Waals surface area contributed by atoms with Crippen molar-refractivity contribution in [2.75, 3.05) is 0 Å². The first kappa shape index (κ1) is 8.17. The van der Waals surface area contributed by atoms with Gasteiger partial charge in [0.15, 0.2) is 0 Å². The van der Waals surface area contributed by atoms with Crippen LogP contribution in [0.2, 0.25) is 0 Å². The topological polar surface area (TPSA) is 109 Å². The smallest absolute Gasteiger partial charge is 0.334 e. The van der Waals surface area contributed by atoms with Gasteiger partial charge < -0.3 is 4.74 Å². The van der Waals surface area contributed by atoms with Gasteiger partial charge in [0.2, 0.25) is 0 Å². The molecule has 0 aromatic carbocycles. The molecule has 0 saturated carbocycles. The Hall–Kier alpha value is -0.360. The standard InChI is InChI=1S/C10H4O9/c1-2-3(11-2)4(12-3)5(13-4)6(14-5)7(15-6)8(16-7)9-10(17-8,18-9)19-9/h2H,1H3. The highest BCUT2D eigenvalue weighted by Gasteiger charge is 3.33. The first-order valence-electron chi connectivity index (χ1n) is 6.32. The lowest BCUT2D eigenvalue weighted by atomic mass is 10.0. The normalized spacial score (nSPS) is 98.1. The highest BCUT2D eigenvalue weighted by molar-refractivity contribution is 5.54. The van der Waals surface area contributed by atoms with Gasteiger partial charge in [-0.25, -0.2) is 0 Å². The predicted octanol–water partition coefficient (Wildman–Crippen LogP) is -1.83. The molecule has 9 nitrogen and oxygen atoms in total. The van der Waals surface area contributed by atoms with E-state index in [0.717, 1.165) is 0 Å². The molecule has 9 rings (SSSR count). The van der Waals surface area contributed by atoms with Crippen LogP contribution < -0.4 is 0 Å². The van der Waals surface area contributed by atoms with Crippen molar-refractivity contribution in [1.29, 1.82) is 0 Å². The highest BCUT2D eigenvalue weighted by Crippen LogP contribution is 3.02. The largest absolute Gasteiger partial charge is 0.355 e. The van der Waals surface area contributed by atoms with Gasteiger partial charge in [0.05, 0.1) is 0 Å². The van der Waals surface area contributed by atoms with E-state index in [1.54, 1.807) is 0 Å². The van der Waals surface area contributed by atoms with Crippen LogP contribution in [0.1, 0.15) is 6.92 Å². The molecule has 9 fully saturated rings. The molecule has 9 saturated heterocycles. The molecule has 7 atom stereocenters. The molecule has 0 radical (unpaired) electrons. The molecule has 0 aromatic rings. The van der Waals surface area contributed by atoms with Crippen LogP contribution in [0, 0.1) is 0 Å². The molecule has 19 heavy (non-hydrogen) atoms. The Morgan fingerprint density at radius 1 is 0.579 bits per heavy atom. The van der Waals surface area contributed by atoms with Crippen LogP contribution in [-0.4, -0.2) is 52.6 Å². The molecular formula is C10H4O9.